The number of H-pyrrole nitrogens is 1. The molecule has 2 aromatic carbocycles. The molecular formula is C20H13ClN8. The van der Waals surface area contributed by atoms with Gasteiger partial charge in [0.15, 0.2) is 5.82 Å². The summed E-state index contributed by atoms with van der Waals surface area (Å²) in [5, 5.41) is 18.8. The number of halogens is 1. The monoisotopic (exact) mass is 400 g/mol. The number of nitrogens with zero attached hydrogens (tertiary/aromatic N) is 6. The molecular weight excluding hydrogens is 388 g/mol. The lowest BCUT2D eigenvalue weighted by atomic mass is 10.0. The third-order valence-corrected chi connectivity index (χ3v) is 4.65. The molecule has 5 aromatic rings. The normalized spacial score (nSPS) is 10.9. The van der Waals surface area contributed by atoms with Gasteiger partial charge in [-0.3, -0.25) is 4.98 Å². The van der Waals surface area contributed by atoms with Gasteiger partial charge in [-0.2, -0.15) is 0 Å². The molecule has 3 heterocycles. The lowest BCUT2D eigenvalue weighted by Crippen LogP contribution is -1.96. The van der Waals surface area contributed by atoms with E-state index in [-0.39, 0.29) is 0 Å². The number of hydrogen-bond donors (Lipinski definition) is 2. The number of benzene rings is 2. The predicted molar refractivity (Wildman–Crippen MR) is 111 cm³/mol. The smallest absolute Gasteiger partial charge is 0.180 e. The van der Waals surface area contributed by atoms with Crippen LogP contribution in [-0.2, 0) is 0 Å². The van der Waals surface area contributed by atoms with Crippen molar-refractivity contribution in [2.45, 2.75) is 0 Å². The van der Waals surface area contributed by atoms with Gasteiger partial charge < -0.3 is 5.32 Å². The zero-order valence-corrected chi connectivity index (χ0v) is 15.7. The zero-order chi connectivity index (χ0) is 19.6. The summed E-state index contributed by atoms with van der Waals surface area (Å²) in [6.07, 6.45) is 5.04. The number of aromatic nitrogens is 7. The minimum Gasteiger partial charge on any atom is -0.340 e. The largest absolute Gasteiger partial charge is 0.340 e. The molecule has 0 atom stereocenters. The molecule has 0 saturated carbocycles. The van der Waals surface area contributed by atoms with Gasteiger partial charge in [0.05, 0.1) is 5.52 Å². The highest BCUT2D eigenvalue weighted by molar-refractivity contribution is 6.30. The Bertz CT molecular complexity index is 1300. The molecule has 0 amide bonds. The first kappa shape index (κ1) is 17.2. The molecule has 0 saturated heterocycles. The van der Waals surface area contributed by atoms with Crippen LogP contribution in [0.3, 0.4) is 0 Å². The molecule has 0 aliphatic carbocycles. The van der Waals surface area contributed by atoms with E-state index in [0.717, 1.165) is 33.3 Å². The maximum absolute atomic E-state index is 6.10. The number of nitrogens with one attached hydrogen (secondary N) is 2. The van der Waals surface area contributed by atoms with Crippen molar-refractivity contribution in [3.05, 3.63) is 72.3 Å². The topological polar surface area (TPSA) is 105 Å². The van der Waals surface area contributed by atoms with Gasteiger partial charge in [-0.1, -0.05) is 23.7 Å². The van der Waals surface area contributed by atoms with Gasteiger partial charge in [-0.05, 0) is 52.4 Å². The van der Waals surface area contributed by atoms with Crippen molar-refractivity contribution >= 4 is 34.0 Å². The molecule has 0 bridgehead atoms. The molecule has 0 unspecified atom stereocenters. The summed E-state index contributed by atoms with van der Waals surface area (Å²) < 4.78 is 0. The maximum Gasteiger partial charge on any atom is 0.180 e. The number of anilines is 2. The zero-order valence-electron chi connectivity index (χ0n) is 14.9. The van der Waals surface area contributed by atoms with Crippen molar-refractivity contribution in [3.63, 3.8) is 0 Å². The Balaban J connectivity index is 1.57. The fourth-order valence-corrected chi connectivity index (χ4v) is 3.24. The SMILES string of the molecule is Clc1cccc(Nc2ncnc3ccc(-c4cncc(-c5nnn[nH]5)c4)cc23)c1. The summed E-state index contributed by atoms with van der Waals surface area (Å²) in [7, 11) is 0. The van der Waals surface area contributed by atoms with Crippen LogP contribution in [0, 0.1) is 0 Å². The van der Waals surface area contributed by atoms with Crippen LogP contribution in [0.4, 0.5) is 11.5 Å². The molecule has 0 aliphatic heterocycles. The Morgan fingerprint density at radius 3 is 2.69 bits per heavy atom. The second kappa shape index (κ2) is 7.25. The van der Waals surface area contributed by atoms with E-state index in [1.807, 2.05) is 48.5 Å². The second-order valence-electron chi connectivity index (χ2n) is 6.30. The quantitative estimate of drug-likeness (QED) is 0.464. The number of aromatic amines is 1. The highest BCUT2D eigenvalue weighted by Crippen LogP contribution is 2.30. The highest BCUT2D eigenvalue weighted by atomic mass is 35.5. The van der Waals surface area contributed by atoms with Crippen LogP contribution < -0.4 is 5.32 Å². The van der Waals surface area contributed by atoms with Crippen LogP contribution in [0.15, 0.2) is 67.3 Å². The Labute approximate surface area is 170 Å². The van der Waals surface area contributed by atoms with Gasteiger partial charge >= 0.3 is 0 Å². The van der Waals surface area contributed by atoms with Crippen LogP contribution >= 0.6 is 11.6 Å². The van der Waals surface area contributed by atoms with E-state index in [1.54, 1.807) is 12.4 Å². The van der Waals surface area contributed by atoms with E-state index in [9.17, 15) is 0 Å². The molecule has 5 rings (SSSR count). The molecule has 2 N–H and O–H groups in total. The van der Waals surface area contributed by atoms with Crippen LogP contribution in [0.5, 0.6) is 0 Å². The molecule has 29 heavy (non-hydrogen) atoms. The van der Waals surface area contributed by atoms with Gasteiger partial charge in [0.2, 0.25) is 0 Å². The van der Waals surface area contributed by atoms with Crippen molar-refractivity contribution in [2.24, 2.45) is 0 Å². The highest BCUT2D eigenvalue weighted by Gasteiger charge is 2.09. The summed E-state index contributed by atoms with van der Waals surface area (Å²) in [5.41, 5.74) is 4.39. The maximum atomic E-state index is 6.10. The summed E-state index contributed by atoms with van der Waals surface area (Å²) >= 11 is 6.10. The molecule has 0 spiro atoms. The number of tetrazole rings is 1. The van der Waals surface area contributed by atoms with Gasteiger partial charge in [-0.25, -0.2) is 15.1 Å². The van der Waals surface area contributed by atoms with E-state index < -0.39 is 0 Å². The Kier molecular flexibility index (Phi) is 4.30. The lowest BCUT2D eigenvalue weighted by molar-refractivity contribution is 0.881. The van der Waals surface area contributed by atoms with Crippen LogP contribution in [0.2, 0.25) is 5.02 Å². The number of hydrogen-bond acceptors (Lipinski definition) is 7. The average Bonchev–Trinajstić information content (AvgIpc) is 3.29. The van der Waals surface area contributed by atoms with Gasteiger partial charge in [0.1, 0.15) is 12.1 Å². The Hall–Kier alpha value is -3.91. The Morgan fingerprint density at radius 2 is 1.83 bits per heavy atom. The van der Waals surface area contributed by atoms with Gasteiger partial charge in [0, 0.05) is 39.6 Å². The number of fused-ring (bicyclic) bond motifs is 1. The van der Waals surface area contributed by atoms with Crippen molar-refractivity contribution in [2.75, 3.05) is 5.32 Å². The molecule has 0 aliphatic rings. The second-order valence-corrected chi connectivity index (χ2v) is 6.74. The van der Waals surface area contributed by atoms with Crippen molar-refractivity contribution in [1.82, 2.24) is 35.6 Å². The lowest BCUT2D eigenvalue weighted by Gasteiger charge is -2.10. The summed E-state index contributed by atoms with van der Waals surface area (Å²) in [4.78, 5) is 13.1. The minimum absolute atomic E-state index is 0.562. The first-order valence-corrected chi connectivity index (χ1v) is 9.11. The van der Waals surface area contributed by atoms with Crippen molar-refractivity contribution < 1.29 is 0 Å². The minimum atomic E-state index is 0.562. The van der Waals surface area contributed by atoms with E-state index in [4.69, 9.17) is 11.6 Å². The predicted octanol–water partition coefficient (Wildman–Crippen LogP) is 4.27. The molecule has 8 nitrogen and oxygen atoms in total. The number of pyridine rings is 1. The molecule has 9 heteroatoms. The third-order valence-electron chi connectivity index (χ3n) is 4.41. The summed E-state index contributed by atoms with van der Waals surface area (Å²) in [6, 6.07) is 15.4. The molecule has 3 aromatic heterocycles. The molecule has 0 radical (unpaired) electrons. The average molecular weight is 401 g/mol. The fourth-order valence-electron chi connectivity index (χ4n) is 3.05. The van der Waals surface area contributed by atoms with E-state index in [1.165, 1.54) is 6.33 Å². The van der Waals surface area contributed by atoms with Gasteiger partial charge in [0.25, 0.3) is 0 Å². The third kappa shape index (κ3) is 3.48. The van der Waals surface area contributed by atoms with E-state index in [2.05, 4.69) is 40.9 Å². The Morgan fingerprint density at radius 1 is 0.897 bits per heavy atom. The molecule has 0 fully saturated rings. The first-order chi connectivity index (χ1) is 14.3. The van der Waals surface area contributed by atoms with E-state index >= 15 is 0 Å². The standard InChI is InChI=1S/C20H13ClN8/c21-15-2-1-3-16(8-15)25-20-17-7-12(4-5-18(17)23-11-24-20)13-6-14(10-22-9-13)19-26-28-29-27-19/h1-11H,(H,23,24,25)(H,26,27,28,29). The fraction of sp³-hybridized carbons (Fsp3) is 0. The van der Waals surface area contributed by atoms with Crippen molar-refractivity contribution in [1.29, 1.82) is 0 Å². The van der Waals surface area contributed by atoms with Crippen molar-refractivity contribution in [3.8, 4) is 22.5 Å². The summed E-state index contributed by atoms with van der Waals surface area (Å²) in [6.45, 7) is 0. The first-order valence-electron chi connectivity index (χ1n) is 8.73. The van der Waals surface area contributed by atoms with Crippen LogP contribution in [-0.4, -0.2) is 35.6 Å². The molecule has 140 valence electrons. The number of rotatable bonds is 4. The van der Waals surface area contributed by atoms with Crippen LogP contribution in [0.25, 0.3) is 33.4 Å². The van der Waals surface area contributed by atoms with Gasteiger partial charge in [-0.15, -0.1) is 5.10 Å². The summed E-state index contributed by atoms with van der Waals surface area (Å²) in [5.74, 6) is 1.26. The van der Waals surface area contributed by atoms with Crippen LogP contribution in [0.1, 0.15) is 0 Å². The van der Waals surface area contributed by atoms with E-state index in [0.29, 0.717) is 16.7 Å².